The number of rotatable bonds is 10. The zero-order valence-electron chi connectivity index (χ0n) is 40.1. The maximum atomic E-state index is 15.1. The largest absolute Gasteiger partial charge is 0.507 e. The quantitative estimate of drug-likeness (QED) is 0.123. The molecular formula is C52H63F2N11O5. The van der Waals surface area contributed by atoms with Gasteiger partial charge >= 0.3 is 6.03 Å². The number of phenols is 1. The number of para-hydroxylation sites is 1. The number of hydrogen-bond donors (Lipinski definition) is 5. The third-order valence-corrected chi connectivity index (χ3v) is 15.2. The SMILES string of the molecule is C#Cc1ccc([C@H](C)NC(=O)[C@@H]2C[C@@H](O)CN2C(=O)[C@@H](NC(=O)N2CCC(N3CCC(c4cnc(N5CCC6Nc7nnc(-c8ccccc8O)cc7C6[C@H]5C(F)F)nc4)CC3)CC2)C(C)(C)C)cc1. The molecule has 7 atom stereocenters. The molecule has 2 unspecified atom stereocenters. The summed E-state index contributed by atoms with van der Waals surface area (Å²) in [6.07, 6.45) is 9.51. The predicted molar refractivity (Wildman–Crippen MR) is 260 cm³/mol. The second kappa shape index (κ2) is 20.1. The molecule has 16 nitrogen and oxygen atoms in total. The number of terminal acetylenes is 1. The van der Waals surface area contributed by atoms with Crippen molar-refractivity contribution in [2.75, 3.05) is 49.5 Å². The number of aliphatic hydroxyl groups is 1. The van der Waals surface area contributed by atoms with Gasteiger partial charge in [0, 0.05) is 79.7 Å². The van der Waals surface area contributed by atoms with Crippen molar-refractivity contribution in [2.24, 2.45) is 5.41 Å². The summed E-state index contributed by atoms with van der Waals surface area (Å²) in [7, 11) is 0. The van der Waals surface area contributed by atoms with Gasteiger partial charge in [-0.2, -0.15) is 0 Å². The van der Waals surface area contributed by atoms with Gasteiger partial charge in [0.25, 0.3) is 6.43 Å². The molecule has 0 radical (unpaired) electrons. The Morgan fingerprint density at radius 3 is 2.27 bits per heavy atom. The number of nitrogens with zero attached hydrogens (tertiary/aromatic N) is 8. The molecule has 4 fully saturated rings. The smallest absolute Gasteiger partial charge is 0.318 e. The average Bonchev–Trinajstić information content (AvgIpc) is 3.95. The number of aromatic hydroxyl groups is 1. The molecule has 0 saturated carbocycles. The lowest BCUT2D eigenvalue weighted by Crippen LogP contribution is -2.60. The van der Waals surface area contributed by atoms with Gasteiger partial charge in [-0.3, -0.25) is 9.59 Å². The fraction of sp³-hybridized carbons (Fsp3) is 0.519. The van der Waals surface area contributed by atoms with Gasteiger partial charge in [0.2, 0.25) is 17.8 Å². The number of carbonyl (C=O) groups excluding carboxylic acids is 3. The van der Waals surface area contributed by atoms with Gasteiger partial charge in [0.05, 0.1) is 17.8 Å². The van der Waals surface area contributed by atoms with Crippen LogP contribution in [0.5, 0.6) is 5.75 Å². The standard InChI is InChI=1S/C52H63F2N11O5/c1-6-31-11-13-32(14-12-31)30(2)57-48(68)41-25-36(66)29-65(41)49(69)45(52(3,4)5)59-51(70)63-22-17-35(18-23-63)62-20-15-33(16-21-62)34-27-55-50(56-28-34)64-24-19-39-43(44(64)46(53)54)38-26-40(60-61-47(38)58-39)37-9-7-8-10-42(37)67/h1,7-14,26-28,30,33,35-36,39,41,43-46,66-67H,15-25,29H2,2-5H3,(H,57,68)(H,58,61)(H,59,70)/t30-,36+,39?,41-,43?,44-,45+/m0/s1. The average molecular weight is 960 g/mol. The van der Waals surface area contributed by atoms with E-state index in [9.17, 15) is 24.6 Å². The molecule has 5 aliphatic rings. The normalized spacial score (nSPS) is 24.0. The molecule has 18 heteroatoms. The number of anilines is 2. The number of halogens is 2. The van der Waals surface area contributed by atoms with Gasteiger partial charge in [-0.25, -0.2) is 23.5 Å². The molecule has 0 spiro atoms. The molecule has 0 bridgehead atoms. The number of likely N-dealkylation sites (tertiary alicyclic amines) is 3. The number of benzene rings is 2. The molecule has 370 valence electrons. The fourth-order valence-electron chi connectivity index (χ4n) is 11.2. The Morgan fingerprint density at radius 2 is 1.61 bits per heavy atom. The Balaban J connectivity index is 0.769. The zero-order chi connectivity index (χ0) is 49.4. The Kier molecular flexibility index (Phi) is 14.0. The van der Waals surface area contributed by atoms with Crippen molar-refractivity contribution in [1.82, 2.24) is 45.5 Å². The van der Waals surface area contributed by atoms with E-state index >= 15 is 8.78 Å². The van der Waals surface area contributed by atoms with Crippen LogP contribution in [0.2, 0.25) is 0 Å². The van der Waals surface area contributed by atoms with Crippen LogP contribution >= 0.6 is 0 Å². The van der Waals surface area contributed by atoms with Gasteiger partial charge in [-0.1, -0.05) is 51.0 Å². The first-order chi connectivity index (χ1) is 33.6. The Labute approximate surface area is 407 Å². The summed E-state index contributed by atoms with van der Waals surface area (Å²) in [6, 6.07) is 12.1. The number of phenolic OH excluding ortho intramolecular Hbond substituents is 1. The summed E-state index contributed by atoms with van der Waals surface area (Å²) in [5.74, 6) is 2.21. The number of aliphatic hydroxyl groups excluding tert-OH is 1. The first-order valence-electron chi connectivity index (χ1n) is 24.5. The highest BCUT2D eigenvalue weighted by molar-refractivity contribution is 5.93. The van der Waals surface area contributed by atoms with Crippen molar-refractivity contribution in [3.63, 3.8) is 0 Å². The molecular weight excluding hydrogens is 897 g/mol. The van der Waals surface area contributed by atoms with Crippen molar-refractivity contribution in [2.45, 2.75) is 127 Å². The molecule has 5 aliphatic heterocycles. The van der Waals surface area contributed by atoms with Crippen LogP contribution < -0.4 is 20.9 Å². The van der Waals surface area contributed by atoms with Crippen LogP contribution in [0.25, 0.3) is 11.3 Å². The third kappa shape index (κ3) is 9.96. The van der Waals surface area contributed by atoms with E-state index in [1.807, 2.05) is 39.8 Å². The van der Waals surface area contributed by atoms with Gasteiger partial charge in [-0.05, 0) is 105 Å². The number of β-amino-alcohol motifs (C(OH)–C–C–N with tert-alkyl or cyclic N) is 1. The van der Waals surface area contributed by atoms with E-state index in [0.717, 1.165) is 55.5 Å². The molecule has 0 aliphatic carbocycles. The van der Waals surface area contributed by atoms with E-state index in [-0.39, 0.29) is 60.6 Å². The van der Waals surface area contributed by atoms with Crippen LogP contribution in [-0.2, 0) is 9.59 Å². The van der Waals surface area contributed by atoms with E-state index in [1.54, 1.807) is 64.7 Å². The number of hydrogen-bond acceptors (Lipinski definition) is 12. The number of aromatic nitrogens is 4. The van der Waals surface area contributed by atoms with E-state index in [1.165, 1.54) is 4.90 Å². The summed E-state index contributed by atoms with van der Waals surface area (Å²) >= 11 is 0. The highest BCUT2D eigenvalue weighted by atomic mass is 19.3. The number of nitrogens with one attached hydrogen (secondary N) is 3. The van der Waals surface area contributed by atoms with Crippen molar-refractivity contribution >= 4 is 29.6 Å². The van der Waals surface area contributed by atoms with Gasteiger partial charge in [0.1, 0.15) is 23.9 Å². The van der Waals surface area contributed by atoms with Crippen molar-refractivity contribution < 1.29 is 33.4 Å². The van der Waals surface area contributed by atoms with Gasteiger partial charge in [0.15, 0.2) is 5.82 Å². The number of urea groups is 1. The Hall–Kier alpha value is -6.45. The highest BCUT2D eigenvalue weighted by Gasteiger charge is 2.50. The molecule has 5 N–H and O–H groups in total. The summed E-state index contributed by atoms with van der Waals surface area (Å²) in [6.45, 7) is 10.6. The number of fused-ring (bicyclic) bond motifs is 3. The first kappa shape index (κ1) is 48.6. The topological polar surface area (TPSA) is 192 Å². The van der Waals surface area contributed by atoms with E-state index in [4.69, 9.17) is 6.42 Å². The second-order valence-electron chi connectivity index (χ2n) is 20.6. The molecule has 2 aromatic carbocycles. The molecule has 4 amide bonds. The molecule has 4 saturated heterocycles. The first-order valence-corrected chi connectivity index (χ1v) is 24.5. The van der Waals surface area contributed by atoms with Crippen molar-refractivity contribution in [3.05, 3.63) is 89.2 Å². The van der Waals surface area contributed by atoms with Crippen LogP contribution in [0.4, 0.5) is 25.3 Å². The van der Waals surface area contributed by atoms with Crippen molar-refractivity contribution in [1.29, 1.82) is 0 Å². The molecule has 4 aromatic rings. The minimum atomic E-state index is -2.69. The van der Waals surface area contributed by atoms with E-state index in [2.05, 4.69) is 46.9 Å². The number of amides is 4. The molecule has 9 rings (SSSR count). The summed E-state index contributed by atoms with van der Waals surface area (Å²) in [5, 5.41) is 39.1. The Bertz CT molecular complexity index is 2570. The lowest BCUT2D eigenvalue weighted by Gasteiger charge is -2.43. The minimum Gasteiger partial charge on any atom is -0.507 e. The van der Waals surface area contributed by atoms with Crippen LogP contribution in [0.3, 0.4) is 0 Å². The van der Waals surface area contributed by atoms with Crippen LogP contribution in [0, 0.1) is 17.8 Å². The van der Waals surface area contributed by atoms with Crippen molar-refractivity contribution in [3.8, 4) is 29.4 Å². The zero-order valence-corrected chi connectivity index (χ0v) is 40.1. The van der Waals surface area contributed by atoms with E-state index < -0.39 is 47.9 Å². The molecule has 7 heterocycles. The van der Waals surface area contributed by atoms with Crippen LogP contribution in [-0.4, -0.2) is 145 Å². The fourth-order valence-corrected chi connectivity index (χ4v) is 11.2. The molecule has 70 heavy (non-hydrogen) atoms. The van der Waals surface area contributed by atoms with Gasteiger partial charge in [-0.15, -0.1) is 16.6 Å². The Morgan fingerprint density at radius 1 is 0.914 bits per heavy atom. The monoisotopic (exact) mass is 959 g/mol. The number of carbonyl (C=O) groups is 3. The number of piperidine rings is 3. The van der Waals surface area contributed by atoms with Crippen LogP contribution in [0.1, 0.15) is 106 Å². The van der Waals surface area contributed by atoms with Gasteiger partial charge < -0.3 is 45.8 Å². The summed E-state index contributed by atoms with van der Waals surface area (Å²) < 4.78 is 30.3. The minimum absolute atomic E-state index is 0.0122. The highest BCUT2D eigenvalue weighted by Crippen LogP contribution is 2.46. The second-order valence-corrected chi connectivity index (χ2v) is 20.6. The number of alkyl halides is 2. The lowest BCUT2D eigenvalue weighted by atomic mass is 9.82. The lowest BCUT2D eigenvalue weighted by molar-refractivity contribution is -0.142. The van der Waals surface area contributed by atoms with E-state index in [0.29, 0.717) is 48.7 Å². The summed E-state index contributed by atoms with van der Waals surface area (Å²) in [4.78, 5) is 58.4. The maximum Gasteiger partial charge on any atom is 0.318 e. The van der Waals surface area contributed by atoms with Crippen LogP contribution in [0.15, 0.2) is 67.0 Å². The predicted octanol–water partition coefficient (Wildman–Crippen LogP) is 5.65. The maximum absolute atomic E-state index is 15.1. The third-order valence-electron chi connectivity index (χ3n) is 15.2. The summed E-state index contributed by atoms with van der Waals surface area (Å²) in [5.41, 5.74) is 3.40. The molecule has 2 aromatic heterocycles.